The molecule has 1 amide bonds. The molecule has 1 rings (SSSR count). The number of hydrogen-bond donors (Lipinski definition) is 5. The van der Waals surface area contributed by atoms with Crippen LogP contribution in [0.25, 0.3) is 6.08 Å². The van der Waals surface area contributed by atoms with Crippen molar-refractivity contribution >= 4 is 12.0 Å². The molecule has 0 radical (unpaired) electrons. The second kappa shape index (κ2) is 15.0. The van der Waals surface area contributed by atoms with Gasteiger partial charge in [-0.2, -0.15) is 0 Å². The molecule has 6 N–H and O–H groups in total. The largest absolute Gasteiger partial charge is 0.504 e. The molecule has 1 aromatic rings. The van der Waals surface area contributed by atoms with Gasteiger partial charge in [-0.1, -0.05) is 6.07 Å². The Bertz CT molecular complexity index is 564. The van der Waals surface area contributed by atoms with Crippen LogP contribution < -0.4 is 26.4 Å². The molecule has 0 heterocycles. The standard InChI is InChI=1S/C20H34N4O3/c1-27-19-16-17(6-8-18(19)25)7-9-20(26)24-15-5-14-23-12-3-2-11-22-13-4-10-21/h6-9,16,22-23,25H,2-5,10-15,21H2,1H3,(H,24,26)/b9-7+. The molecule has 7 nitrogen and oxygen atoms in total. The predicted molar refractivity (Wildman–Crippen MR) is 110 cm³/mol. The fraction of sp³-hybridized carbons (Fsp3) is 0.550. The minimum atomic E-state index is -0.134. The van der Waals surface area contributed by atoms with Gasteiger partial charge >= 0.3 is 0 Å². The summed E-state index contributed by atoms with van der Waals surface area (Å²) in [5.74, 6) is 0.329. The van der Waals surface area contributed by atoms with E-state index < -0.39 is 0 Å². The highest BCUT2D eigenvalue weighted by Crippen LogP contribution is 2.26. The normalized spacial score (nSPS) is 11.0. The molecule has 0 aliphatic rings. The van der Waals surface area contributed by atoms with E-state index in [-0.39, 0.29) is 11.7 Å². The number of methoxy groups -OCH3 is 1. The van der Waals surface area contributed by atoms with Gasteiger partial charge in [-0.05, 0) is 82.2 Å². The molecule has 0 bridgehead atoms. The first-order chi connectivity index (χ1) is 13.2. The van der Waals surface area contributed by atoms with Gasteiger partial charge in [-0.15, -0.1) is 0 Å². The number of rotatable bonds is 15. The number of hydrogen-bond acceptors (Lipinski definition) is 6. The summed E-state index contributed by atoms with van der Waals surface area (Å²) in [6.45, 7) is 5.30. The number of benzene rings is 1. The SMILES string of the molecule is COc1cc(/C=C/C(=O)NCCCNCCCCNCCCN)ccc1O. The number of carbonyl (C=O) groups is 1. The summed E-state index contributed by atoms with van der Waals surface area (Å²) in [6, 6.07) is 4.94. The van der Waals surface area contributed by atoms with E-state index in [1.54, 1.807) is 18.2 Å². The van der Waals surface area contributed by atoms with Gasteiger partial charge in [0.25, 0.3) is 0 Å². The van der Waals surface area contributed by atoms with E-state index in [4.69, 9.17) is 10.5 Å². The van der Waals surface area contributed by atoms with E-state index in [0.717, 1.165) is 64.0 Å². The average molecular weight is 379 g/mol. The van der Waals surface area contributed by atoms with Gasteiger partial charge < -0.3 is 31.5 Å². The van der Waals surface area contributed by atoms with Crippen molar-refractivity contribution in [1.29, 1.82) is 0 Å². The zero-order chi connectivity index (χ0) is 19.7. The predicted octanol–water partition coefficient (Wildman–Crippen LogP) is 1.23. The third-order valence-electron chi connectivity index (χ3n) is 3.98. The highest BCUT2D eigenvalue weighted by molar-refractivity contribution is 5.91. The third-order valence-corrected chi connectivity index (χ3v) is 3.98. The lowest BCUT2D eigenvalue weighted by molar-refractivity contribution is -0.116. The van der Waals surface area contributed by atoms with Crippen LogP contribution >= 0.6 is 0 Å². The zero-order valence-corrected chi connectivity index (χ0v) is 16.3. The van der Waals surface area contributed by atoms with Crippen LogP contribution in [0.3, 0.4) is 0 Å². The molecule has 0 saturated heterocycles. The van der Waals surface area contributed by atoms with E-state index in [0.29, 0.717) is 12.3 Å². The quantitative estimate of drug-likeness (QED) is 0.232. The molecule has 0 fully saturated rings. The van der Waals surface area contributed by atoms with Gasteiger partial charge in [-0.3, -0.25) is 4.79 Å². The number of nitrogens with two attached hydrogens (primary N) is 1. The van der Waals surface area contributed by atoms with Gasteiger partial charge in [0.2, 0.25) is 5.91 Å². The van der Waals surface area contributed by atoms with Crippen molar-refractivity contribution in [2.75, 3.05) is 46.4 Å². The summed E-state index contributed by atoms with van der Waals surface area (Å²) in [5.41, 5.74) is 6.22. The Morgan fingerprint density at radius 1 is 1.07 bits per heavy atom. The van der Waals surface area contributed by atoms with Crippen molar-refractivity contribution < 1.29 is 14.6 Å². The lowest BCUT2D eigenvalue weighted by Gasteiger charge is -2.06. The maximum Gasteiger partial charge on any atom is 0.243 e. The Hall–Kier alpha value is -2.09. The first kappa shape index (κ1) is 23.0. The number of phenols is 1. The molecule has 7 heteroatoms. The molecule has 0 aromatic heterocycles. The molecule has 0 aliphatic carbocycles. The van der Waals surface area contributed by atoms with E-state index in [2.05, 4.69) is 16.0 Å². The maximum absolute atomic E-state index is 11.8. The van der Waals surface area contributed by atoms with Crippen LogP contribution in [0.1, 0.15) is 31.2 Å². The molecule has 0 atom stereocenters. The molecule has 27 heavy (non-hydrogen) atoms. The lowest BCUT2D eigenvalue weighted by Crippen LogP contribution is -2.26. The summed E-state index contributed by atoms with van der Waals surface area (Å²) < 4.78 is 5.04. The van der Waals surface area contributed by atoms with E-state index in [9.17, 15) is 9.90 Å². The summed E-state index contributed by atoms with van der Waals surface area (Å²) >= 11 is 0. The Balaban J connectivity index is 2.03. The van der Waals surface area contributed by atoms with Gasteiger partial charge in [0, 0.05) is 12.6 Å². The summed E-state index contributed by atoms with van der Waals surface area (Å²) in [6.07, 6.45) is 7.39. The van der Waals surface area contributed by atoms with Crippen molar-refractivity contribution in [3.8, 4) is 11.5 Å². The maximum atomic E-state index is 11.8. The van der Waals surface area contributed by atoms with Gasteiger partial charge in [0.15, 0.2) is 11.5 Å². The third kappa shape index (κ3) is 11.3. The lowest BCUT2D eigenvalue weighted by atomic mass is 10.2. The monoisotopic (exact) mass is 378 g/mol. The molecule has 152 valence electrons. The molecule has 0 saturated carbocycles. The Morgan fingerprint density at radius 2 is 1.74 bits per heavy atom. The zero-order valence-electron chi connectivity index (χ0n) is 16.3. The van der Waals surface area contributed by atoms with Crippen LogP contribution in [-0.4, -0.2) is 57.4 Å². The molecular weight excluding hydrogens is 344 g/mol. The Kier molecular flexibility index (Phi) is 12.8. The summed E-state index contributed by atoms with van der Waals surface area (Å²) in [7, 11) is 1.49. The number of nitrogens with one attached hydrogen (secondary N) is 3. The fourth-order valence-electron chi connectivity index (χ4n) is 2.43. The van der Waals surface area contributed by atoms with Crippen molar-refractivity contribution in [2.24, 2.45) is 5.73 Å². The van der Waals surface area contributed by atoms with Crippen LogP contribution in [0.5, 0.6) is 11.5 Å². The van der Waals surface area contributed by atoms with Crippen LogP contribution in [0, 0.1) is 0 Å². The van der Waals surface area contributed by atoms with Crippen LogP contribution in [0.2, 0.25) is 0 Å². The first-order valence-electron chi connectivity index (χ1n) is 9.61. The van der Waals surface area contributed by atoms with E-state index in [1.165, 1.54) is 19.3 Å². The van der Waals surface area contributed by atoms with Crippen molar-refractivity contribution in [3.63, 3.8) is 0 Å². The Morgan fingerprint density at radius 3 is 2.41 bits per heavy atom. The Labute approximate surface area is 162 Å². The minimum Gasteiger partial charge on any atom is -0.504 e. The minimum absolute atomic E-state index is 0.0782. The highest BCUT2D eigenvalue weighted by Gasteiger charge is 2.01. The molecule has 0 unspecified atom stereocenters. The van der Waals surface area contributed by atoms with Gasteiger partial charge in [0.1, 0.15) is 0 Å². The van der Waals surface area contributed by atoms with Gasteiger partial charge in [0.05, 0.1) is 7.11 Å². The smallest absolute Gasteiger partial charge is 0.243 e. The first-order valence-corrected chi connectivity index (χ1v) is 9.61. The molecule has 0 spiro atoms. The van der Waals surface area contributed by atoms with Crippen molar-refractivity contribution in [2.45, 2.75) is 25.7 Å². The number of phenolic OH excluding ortho intramolecular Hbond substituents is 1. The fourth-order valence-corrected chi connectivity index (χ4v) is 2.43. The topological polar surface area (TPSA) is 109 Å². The van der Waals surface area contributed by atoms with Crippen molar-refractivity contribution in [1.82, 2.24) is 16.0 Å². The molecule has 0 aliphatic heterocycles. The number of aromatic hydroxyl groups is 1. The van der Waals surface area contributed by atoms with Gasteiger partial charge in [-0.25, -0.2) is 0 Å². The number of amides is 1. The number of carbonyl (C=O) groups excluding carboxylic acids is 1. The highest BCUT2D eigenvalue weighted by atomic mass is 16.5. The van der Waals surface area contributed by atoms with E-state index >= 15 is 0 Å². The summed E-state index contributed by atoms with van der Waals surface area (Å²) in [5, 5.41) is 19.2. The number of unbranched alkanes of at least 4 members (excludes halogenated alkanes) is 1. The second-order valence-corrected chi connectivity index (χ2v) is 6.26. The molecule has 1 aromatic carbocycles. The molecular formula is C20H34N4O3. The van der Waals surface area contributed by atoms with Crippen LogP contribution in [0.15, 0.2) is 24.3 Å². The van der Waals surface area contributed by atoms with E-state index in [1.807, 2.05) is 0 Å². The second-order valence-electron chi connectivity index (χ2n) is 6.26. The van der Waals surface area contributed by atoms with Crippen LogP contribution in [-0.2, 0) is 4.79 Å². The van der Waals surface area contributed by atoms with Crippen LogP contribution in [0.4, 0.5) is 0 Å². The summed E-state index contributed by atoms with van der Waals surface area (Å²) in [4.78, 5) is 11.8. The van der Waals surface area contributed by atoms with Crippen molar-refractivity contribution in [3.05, 3.63) is 29.8 Å². The average Bonchev–Trinajstić information content (AvgIpc) is 2.68. The number of ether oxygens (including phenoxy) is 1.